The fourth-order valence-corrected chi connectivity index (χ4v) is 1.88. The third kappa shape index (κ3) is 2.20. The van der Waals surface area contributed by atoms with Crippen LogP contribution < -0.4 is 5.32 Å². The summed E-state index contributed by atoms with van der Waals surface area (Å²) >= 11 is 0. The van der Waals surface area contributed by atoms with Gasteiger partial charge in [-0.3, -0.25) is 9.59 Å². The van der Waals surface area contributed by atoms with Crippen LogP contribution in [0.15, 0.2) is 30.6 Å². The number of carbonyl (C=O) groups is 2. The minimum atomic E-state index is -0.191. The quantitative estimate of drug-likeness (QED) is 0.838. The van der Waals surface area contributed by atoms with Crippen LogP contribution >= 0.6 is 0 Å². The Hall–Kier alpha value is -2.30. The number of nitrogens with zero attached hydrogens (tertiary/aromatic N) is 2. The highest BCUT2D eigenvalue weighted by Gasteiger charge is 2.12. The van der Waals surface area contributed by atoms with Crippen molar-refractivity contribution in [3.63, 3.8) is 0 Å². The summed E-state index contributed by atoms with van der Waals surface area (Å²) in [4.78, 5) is 23.3. The third-order valence-corrected chi connectivity index (χ3v) is 2.80. The average molecular weight is 245 g/mol. The summed E-state index contributed by atoms with van der Waals surface area (Å²) in [6.45, 7) is 1.50. The largest absolute Gasteiger partial charge is 0.347 e. The number of ketones is 1. The molecule has 0 spiro atoms. The zero-order valence-corrected chi connectivity index (χ0v) is 10.6. The van der Waals surface area contributed by atoms with Gasteiger partial charge >= 0.3 is 0 Å². The molecule has 5 heteroatoms. The Morgan fingerprint density at radius 2 is 1.89 bits per heavy atom. The Morgan fingerprint density at radius 1 is 1.17 bits per heavy atom. The van der Waals surface area contributed by atoms with Crippen LogP contribution in [0.5, 0.6) is 0 Å². The van der Waals surface area contributed by atoms with Crippen molar-refractivity contribution in [2.75, 3.05) is 5.32 Å². The van der Waals surface area contributed by atoms with Gasteiger partial charge in [-0.05, 0) is 18.2 Å². The Labute approximate surface area is 105 Å². The Morgan fingerprint density at radius 3 is 2.39 bits per heavy atom. The van der Waals surface area contributed by atoms with Crippen molar-refractivity contribution < 1.29 is 9.59 Å². The number of Topliss-reactive ketones (excluding diaryl/α,β-unsaturated/α-hetero) is 1. The summed E-state index contributed by atoms with van der Waals surface area (Å²) < 4.78 is 3.44. The zero-order chi connectivity index (χ0) is 13.3. The molecule has 0 bridgehead atoms. The number of amides is 1. The molecule has 0 fully saturated rings. The SMILES string of the molecule is CC(=O)c1cc(NC(=O)c2cccn2C)cn1C. The molecule has 1 amide bonds. The van der Waals surface area contributed by atoms with E-state index in [2.05, 4.69) is 5.32 Å². The highest BCUT2D eigenvalue weighted by molar-refractivity contribution is 6.04. The van der Waals surface area contributed by atoms with Crippen molar-refractivity contribution in [2.24, 2.45) is 14.1 Å². The second kappa shape index (κ2) is 4.52. The van der Waals surface area contributed by atoms with E-state index < -0.39 is 0 Å². The molecular formula is C13H15N3O2. The summed E-state index contributed by atoms with van der Waals surface area (Å²) in [5.74, 6) is -0.222. The van der Waals surface area contributed by atoms with E-state index in [4.69, 9.17) is 0 Å². The molecule has 0 radical (unpaired) electrons. The lowest BCUT2D eigenvalue weighted by Gasteiger charge is -2.03. The van der Waals surface area contributed by atoms with Crippen LogP contribution in [0.2, 0.25) is 0 Å². The van der Waals surface area contributed by atoms with E-state index in [-0.39, 0.29) is 11.7 Å². The van der Waals surface area contributed by atoms with Crippen molar-refractivity contribution in [3.05, 3.63) is 42.0 Å². The molecule has 5 nitrogen and oxygen atoms in total. The van der Waals surface area contributed by atoms with E-state index in [1.54, 1.807) is 53.8 Å². The molecule has 0 aromatic carbocycles. The lowest BCUT2D eigenvalue weighted by molar-refractivity contribution is 0.1000. The first-order valence-electron chi connectivity index (χ1n) is 5.59. The van der Waals surface area contributed by atoms with Crippen LogP contribution in [0.1, 0.15) is 27.9 Å². The van der Waals surface area contributed by atoms with E-state index >= 15 is 0 Å². The van der Waals surface area contributed by atoms with E-state index in [9.17, 15) is 9.59 Å². The first-order valence-corrected chi connectivity index (χ1v) is 5.59. The van der Waals surface area contributed by atoms with Crippen molar-refractivity contribution in [1.82, 2.24) is 9.13 Å². The van der Waals surface area contributed by atoms with Gasteiger partial charge in [-0.15, -0.1) is 0 Å². The summed E-state index contributed by atoms with van der Waals surface area (Å²) in [6, 6.07) is 5.22. The summed E-state index contributed by atoms with van der Waals surface area (Å²) in [5.41, 5.74) is 1.76. The number of rotatable bonds is 3. The summed E-state index contributed by atoms with van der Waals surface area (Å²) in [7, 11) is 3.58. The predicted octanol–water partition coefficient (Wildman–Crippen LogP) is 1.82. The van der Waals surface area contributed by atoms with Gasteiger partial charge < -0.3 is 14.5 Å². The molecule has 2 aromatic heterocycles. The number of aryl methyl sites for hydroxylation is 2. The molecule has 2 aromatic rings. The maximum Gasteiger partial charge on any atom is 0.272 e. The highest BCUT2D eigenvalue weighted by Crippen LogP contribution is 2.14. The van der Waals surface area contributed by atoms with Gasteiger partial charge in [-0.2, -0.15) is 0 Å². The maximum absolute atomic E-state index is 12.0. The Kier molecular flexibility index (Phi) is 3.06. The highest BCUT2D eigenvalue weighted by atomic mass is 16.2. The van der Waals surface area contributed by atoms with Gasteiger partial charge in [0.25, 0.3) is 5.91 Å². The van der Waals surface area contributed by atoms with Crippen molar-refractivity contribution in [2.45, 2.75) is 6.92 Å². The fraction of sp³-hybridized carbons (Fsp3) is 0.231. The molecule has 0 aliphatic rings. The monoisotopic (exact) mass is 245 g/mol. The van der Waals surface area contributed by atoms with Gasteiger partial charge in [0, 0.05) is 33.4 Å². The molecule has 0 unspecified atom stereocenters. The van der Waals surface area contributed by atoms with Crippen LogP contribution in [-0.4, -0.2) is 20.8 Å². The second-order valence-corrected chi connectivity index (χ2v) is 4.24. The molecule has 0 saturated heterocycles. The van der Waals surface area contributed by atoms with Crippen LogP contribution in [-0.2, 0) is 14.1 Å². The molecule has 0 atom stereocenters. The number of anilines is 1. The first-order chi connectivity index (χ1) is 8.49. The van der Waals surface area contributed by atoms with Gasteiger partial charge in [0.2, 0.25) is 0 Å². The van der Waals surface area contributed by atoms with Crippen LogP contribution in [0.4, 0.5) is 5.69 Å². The normalized spacial score (nSPS) is 10.4. The van der Waals surface area contributed by atoms with Crippen LogP contribution in [0, 0.1) is 0 Å². The fourth-order valence-electron chi connectivity index (χ4n) is 1.88. The minimum absolute atomic E-state index is 0.0307. The summed E-state index contributed by atoms with van der Waals surface area (Å²) in [6.07, 6.45) is 3.53. The third-order valence-electron chi connectivity index (χ3n) is 2.80. The first kappa shape index (κ1) is 12.2. The Balaban J connectivity index is 2.20. The number of hydrogen-bond donors (Lipinski definition) is 1. The molecule has 94 valence electrons. The lowest BCUT2D eigenvalue weighted by atomic mass is 10.3. The van der Waals surface area contributed by atoms with E-state index in [1.807, 2.05) is 0 Å². The molecule has 18 heavy (non-hydrogen) atoms. The van der Waals surface area contributed by atoms with E-state index in [1.165, 1.54) is 6.92 Å². The number of hydrogen-bond acceptors (Lipinski definition) is 2. The molecular weight excluding hydrogens is 230 g/mol. The zero-order valence-electron chi connectivity index (χ0n) is 10.6. The van der Waals surface area contributed by atoms with E-state index in [0.717, 1.165) is 0 Å². The smallest absolute Gasteiger partial charge is 0.272 e. The standard InChI is InChI=1S/C13H15N3O2/c1-9(17)12-7-10(8-16(12)3)14-13(18)11-5-4-6-15(11)2/h4-8H,1-3H3,(H,14,18). The topological polar surface area (TPSA) is 56.0 Å². The molecule has 0 aliphatic carbocycles. The van der Waals surface area contributed by atoms with Crippen LogP contribution in [0.3, 0.4) is 0 Å². The molecule has 0 aliphatic heterocycles. The van der Waals surface area contributed by atoms with Crippen molar-refractivity contribution in [3.8, 4) is 0 Å². The molecule has 0 saturated carbocycles. The maximum atomic E-state index is 12.0. The van der Waals surface area contributed by atoms with E-state index in [0.29, 0.717) is 17.1 Å². The van der Waals surface area contributed by atoms with Crippen LogP contribution in [0.25, 0.3) is 0 Å². The van der Waals surface area contributed by atoms with Gasteiger partial charge in [0.05, 0.1) is 11.4 Å². The van der Waals surface area contributed by atoms with Gasteiger partial charge in [-0.1, -0.05) is 0 Å². The summed E-state index contributed by atoms with van der Waals surface area (Å²) in [5, 5.41) is 2.77. The van der Waals surface area contributed by atoms with Crippen molar-refractivity contribution in [1.29, 1.82) is 0 Å². The molecule has 1 N–H and O–H groups in total. The second-order valence-electron chi connectivity index (χ2n) is 4.24. The van der Waals surface area contributed by atoms with Gasteiger partial charge in [0.15, 0.2) is 5.78 Å². The van der Waals surface area contributed by atoms with Gasteiger partial charge in [-0.25, -0.2) is 0 Å². The Bertz CT molecular complexity index is 608. The number of nitrogens with one attached hydrogen (secondary N) is 1. The van der Waals surface area contributed by atoms with Gasteiger partial charge in [0.1, 0.15) is 5.69 Å². The average Bonchev–Trinajstić information content (AvgIpc) is 2.84. The number of aromatic nitrogens is 2. The minimum Gasteiger partial charge on any atom is -0.347 e. The molecule has 2 rings (SSSR count). The predicted molar refractivity (Wildman–Crippen MR) is 68.8 cm³/mol. The van der Waals surface area contributed by atoms with Crippen molar-refractivity contribution >= 4 is 17.4 Å². The molecule has 2 heterocycles. The lowest BCUT2D eigenvalue weighted by Crippen LogP contribution is -2.14. The number of carbonyl (C=O) groups excluding carboxylic acids is 2.